The first-order valence-electron chi connectivity index (χ1n) is 6.70. The summed E-state index contributed by atoms with van der Waals surface area (Å²) in [4.78, 5) is 37.3. The van der Waals surface area contributed by atoms with Crippen molar-refractivity contribution in [3.63, 3.8) is 0 Å². The molecule has 0 radical (unpaired) electrons. The van der Waals surface area contributed by atoms with Gasteiger partial charge < -0.3 is 15.4 Å². The summed E-state index contributed by atoms with van der Waals surface area (Å²) < 4.78 is 0. The summed E-state index contributed by atoms with van der Waals surface area (Å²) in [6.07, 6.45) is 0.865. The van der Waals surface area contributed by atoms with Crippen LogP contribution in [0.5, 0.6) is 0 Å². The molecule has 0 saturated heterocycles. The van der Waals surface area contributed by atoms with Crippen molar-refractivity contribution in [2.75, 3.05) is 0 Å². The van der Waals surface area contributed by atoms with Gasteiger partial charge in [0.2, 0.25) is 5.56 Å². The molecule has 6 heteroatoms. The van der Waals surface area contributed by atoms with Crippen molar-refractivity contribution in [2.45, 2.75) is 18.9 Å². The minimum absolute atomic E-state index is 0.142. The van der Waals surface area contributed by atoms with E-state index in [0.717, 1.165) is 0 Å². The van der Waals surface area contributed by atoms with Crippen molar-refractivity contribution in [1.29, 1.82) is 0 Å². The Hall–Kier alpha value is -2.63. The van der Waals surface area contributed by atoms with Crippen LogP contribution in [-0.4, -0.2) is 28.0 Å². The number of hydrogen-bond acceptors (Lipinski definition) is 3. The number of fused-ring (bicyclic) bond motifs is 1. The molecular formula is C15H14N2O4. The number of para-hydroxylation sites is 1. The van der Waals surface area contributed by atoms with E-state index in [9.17, 15) is 14.4 Å². The number of aromatic nitrogens is 1. The van der Waals surface area contributed by atoms with Gasteiger partial charge in [-0.2, -0.15) is 0 Å². The molecule has 1 fully saturated rings. The molecule has 0 unspecified atom stereocenters. The molecule has 3 N–H and O–H groups in total. The molecule has 21 heavy (non-hydrogen) atoms. The highest BCUT2D eigenvalue weighted by Gasteiger charge is 2.35. The zero-order valence-electron chi connectivity index (χ0n) is 11.1. The minimum atomic E-state index is -0.831. The van der Waals surface area contributed by atoms with Gasteiger partial charge >= 0.3 is 5.97 Å². The van der Waals surface area contributed by atoms with Gasteiger partial charge in [0.1, 0.15) is 0 Å². The van der Waals surface area contributed by atoms with E-state index in [1.165, 1.54) is 6.07 Å². The van der Waals surface area contributed by atoms with E-state index >= 15 is 0 Å². The fourth-order valence-corrected chi connectivity index (χ4v) is 2.59. The van der Waals surface area contributed by atoms with Gasteiger partial charge in [0.15, 0.2) is 0 Å². The van der Waals surface area contributed by atoms with E-state index in [-0.39, 0.29) is 23.4 Å². The minimum Gasteiger partial charge on any atom is -0.481 e. The lowest BCUT2D eigenvalue weighted by Gasteiger charge is -2.32. The molecule has 1 heterocycles. The van der Waals surface area contributed by atoms with Crippen LogP contribution in [0.4, 0.5) is 0 Å². The SMILES string of the molecule is O=C(NC1CC(C(=O)O)C1)c1cc(=O)[nH]c2ccccc12. The van der Waals surface area contributed by atoms with Gasteiger partial charge in [-0.25, -0.2) is 0 Å². The molecule has 3 rings (SSSR count). The average molecular weight is 286 g/mol. The maximum absolute atomic E-state index is 12.3. The lowest BCUT2D eigenvalue weighted by Crippen LogP contribution is -2.46. The Balaban J connectivity index is 1.82. The number of nitrogens with one attached hydrogen (secondary N) is 2. The van der Waals surface area contributed by atoms with Crippen LogP contribution < -0.4 is 10.9 Å². The molecule has 0 spiro atoms. The first-order chi connectivity index (χ1) is 10.0. The third-order valence-electron chi connectivity index (χ3n) is 3.82. The third-order valence-corrected chi connectivity index (χ3v) is 3.82. The second-order valence-corrected chi connectivity index (χ2v) is 5.27. The molecule has 0 aliphatic heterocycles. The van der Waals surface area contributed by atoms with Crippen molar-refractivity contribution < 1.29 is 14.7 Å². The zero-order chi connectivity index (χ0) is 15.0. The number of aromatic amines is 1. The number of pyridine rings is 1. The quantitative estimate of drug-likeness (QED) is 0.787. The number of benzene rings is 1. The maximum Gasteiger partial charge on any atom is 0.306 e. The van der Waals surface area contributed by atoms with Crippen LogP contribution in [0.25, 0.3) is 10.9 Å². The van der Waals surface area contributed by atoms with Gasteiger partial charge in [-0.05, 0) is 18.9 Å². The standard InChI is InChI=1S/C15H14N2O4/c18-13-7-11(10-3-1-2-4-12(10)17-13)14(19)16-9-5-8(6-9)15(20)21/h1-4,7-9H,5-6H2,(H,16,19)(H,17,18)(H,20,21). The fourth-order valence-electron chi connectivity index (χ4n) is 2.59. The summed E-state index contributed by atoms with van der Waals surface area (Å²) in [5, 5.41) is 12.3. The first-order valence-corrected chi connectivity index (χ1v) is 6.70. The summed E-state index contributed by atoms with van der Waals surface area (Å²) in [6.45, 7) is 0. The predicted octanol–water partition coefficient (Wildman–Crippen LogP) is 1.12. The molecule has 1 amide bonds. The van der Waals surface area contributed by atoms with Crippen LogP contribution in [0.1, 0.15) is 23.2 Å². The van der Waals surface area contributed by atoms with Crippen LogP contribution >= 0.6 is 0 Å². The number of amides is 1. The Labute approximate surface area is 119 Å². The van der Waals surface area contributed by atoms with E-state index < -0.39 is 5.97 Å². The molecule has 1 aromatic carbocycles. The molecular weight excluding hydrogens is 272 g/mol. The van der Waals surface area contributed by atoms with Crippen molar-refractivity contribution in [3.05, 3.63) is 46.2 Å². The number of hydrogen-bond donors (Lipinski definition) is 3. The lowest BCUT2D eigenvalue weighted by molar-refractivity contribution is -0.145. The molecule has 2 aromatic rings. The summed E-state index contributed by atoms with van der Waals surface area (Å²) in [6, 6.07) is 8.20. The van der Waals surface area contributed by atoms with Gasteiger partial charge in [-0.15, -0.1) is 0 Å². The third kappa shape index (κ3) is 2.52. The van der Waals surface area contributed by atoms with E-state index in [4.69, 9.17) is 5.11 Å². The number of carbonyl (C=O) groups excluding carboxylic acids is 1. The van der Waals surface area contributed by atoms with E-state index in [0.29, 0.717) is 29.3 Å². The molecule has 0 atom stereocenters. The topological polar surface area (TPSA) is 99.3 Å². The van der Waals surface area contributed by atoms with Crippen molar-refractivity contribution in [1.82, 2.24) is 10.3 Å². The van der Waals surface area contributed by atoms with Gasteiger partial charge in [0.25, 0.3) is 5.91 Å². The second kappa shape index (κ2) is 5.05. The molecule has 1 aliphatic carbocycles. The number of aliphatic carboxylic acids is 1. The zero-order valence-corrected chi connectivity index (χ0v) is 11.1. The lowest BCUT2D eigenvalue weighted by atomic mass is 9.80. The molecule has 1 saturated carbocycles. The monoisotopic (exact) mass is 286 g/mol. The number of H-pyrrole nitrogens is 1. The Morgan fingerprint density at radius 3 is 2.67 bits per heavy atom. The van der Waals surface area contributed by atoms with Crippen LogP contribution in [-0.2, 0) is 4.79 Å². The van der Waals surface area contributed by atoms with Crippen molar-refractivity contribution in [3.8, 4) is 0 Å². The summed E-state index contributed by atoms with van der Waals surface area (Å²) in [5.74, 6) is -1.56. The van der Waals surface area contributed by atoms with Gasteiger partial charge in [0, 0.05) is 23.0 Å². The number of rotatable bonds is 3. The van der Waals surface area contributed by atoms with Crippen molar-refractivity contribution in [2.24, 2.45) is 5.92 Å². The number of carboxylic acids is 1. The Morgan fingerprint density at radius 2 is 1.95 bits per heavy atom. The summed E-state index contributed by atoms with van der Waals surface area (Å²) >= 11 is 0. The van der Waals surface area contributed by atoms with Crippen LogP contribution in [0.15, 0.2) is 35.1 Å². The number of carboxylic acid groups (broad SMARTS) is 1. The maximum atomic E-state index is 12.3. The highest BCUT2D eigenvalue weighted by atomic mass is 16.4. The van der Waals surface area contributed by atoms with E-state index in [1.54, 1.807) is 24.3 Å². The predicted molar refractivity (Wildman–Crippen MR) is 76.2 cm³/mol. The van der Waals surface area contributed by atoms with Crippen LogP contribution in [0.2, 0.25) is 0 Å². The highest BCUT2D eigenvalue weighted by Crippen LogP contribution is 2.28. The molecule has 0 bridgehead atoms. The van der Waals surface area contributed by atoms with Gasteiger partial charge in [-0.3, -0.25) is 14.4 Å². The smallest absolute Gasteiger partial charge is 0.306 e. The highest BCUT2D eigenvalue weighted by molar-refractivity contribution is 6.06. The molecule has 6 nitrogen and oxygen atoms in total. The Kier molecular flexibility index (Phi) is 3.21. The Bertz CT molecular complexity index is 775. The number of carbonyl (C=O) groups is 2. The normalized spacial score (nSPS) is 20.8. The molecule has 1 aliphatic rings. The molecule has 1 aromatic heterocycles. The summed E-state index contributed by atoms with van der Waals surface area (Å²) in [5.41, 5.74) is 0.580. The molecule has 108 valence electrons. The van der Waals surface area contributed by atoms with Crippen LogP contribution in [0, 0.1) is 5.92 Å². The van der Waals surface area contributed by atoms with Crippen molar-refractivity contribution >= 4 is 22.8 Å². The van der Waals surface area contributed by atoms with Gasteiger partial charge in [0.05, 0.1) is 11.5 Å². The van der Waals surface area contributed by atoms with E-state index in [2.05, 4.69) is 10.3 Å². The fraction of sp³-hybridized carbons (Fsp3) is 0.267. The average Bonchev–Trinajstić information content (AvgIpc) is 2.40. The largest absolute Gasteiger partial charge is 0.481 e. The van der Waals surface area contributed by atoms with E-state index in [1.807, 2.05) is 0 Å². The second-order valence-electron chi connectivity index (χ2n) is 5.27. The van der Waals surface area contributed by atoms with Crippen LogP contribution in [0.3, 0.4) is 0 Å². The Morgan fingerprint density at radius 1 is 1.24 bits per heavy atom. The van der Waals surface area contributed by atoms with Gasteiger partial charge in [-0.1, -0.05) is 18.2 Å². The first kappa shape index (κ1) is 13.4. The summed E-state index contributed by atoms with van der Waals surface area (Å²) in [7, 11) is 0.